The first-order valence-electron chi connectivity index (χ1n) is 4.61. The fraction of sp³-hybridized carbons (Fsp3) is 0.200. The quantitative estimate of drug-likeness (QED) is 0.477. The number of alkyl halides is 3. The monoisotopic (exact) mass is 279 g/mol. The molecule has 0 bridgehead atoms. The number of benzene rings is 1. The fourth-order valence-corrected chi connectivity index (χ4v) is 1.60. The number of thioether (sulfide) groups is 1. The Labute approximate surface area is 105 Å². The molecule has 0 aliphatic heterocycles. The van der Waals surface area contributed by atoms with Gasteiger partial charge in [-0.3, -0.25) is 10.1 Å². The van der Waals surface area contributed by atoms with Crippen LogP contribution in [0.1, 0.15) is 6.92 Å². The molecule has 1 aromatic rings. The number of halogens is 3. The normalized spacial score (nSPS) is 12.3. The highest BCUT2D eigenvalue weighted by atomic mass is 32.2. The summed E-state index contributed by atoms with van der Waals surface area (Å²) < 4.78 is 39.3. The molecule has 0 aliphatic rings. The molecule has 1 rings (SSSR count). The van der Waals surface area contributed by atoms with Gasteiger partial charge < -0.3 is 4.74 Å². The molecule has 0 heterocycles. The van der Waals surface area contributed by atoms with Gasteiger partial charge in [-0.25, -0.2) is 0 Å². The molecule has 0 aliphatic carbocycles. The van der Waals surface area contributed by atoms with Gasteiger partial charge in [-0.15, -0.1) is 13.2 Å². The van der Waals surface area contributed by atoms with Crippen LogP contribution in [-0.4, -0.2) is 11.3 Å². The van der Waals surface area contributed by atoms with Crippen LogP contribution in [0.2, 0.25) is 0 Å². The molecule has 98 valence electrons. The van der Waals surface area contributed by atoms with Crippen LogP contribution >= 0.6 is 11.8 Å². The minimum Gasteiger partial charge on any atom is -0.406 e. The Morgan fingerprint density at radius 2 is 1.94 bits per heavy atom. The zero-order valence-corrected chi connectivity index (χ0v) is 9.92. The molecule has 0 unspecified atom stereocenters. The van der Waals surface area contributed by atoms with Crippen molar-refractivity contribution in [3.63, 3.8) is 0 Å². The van der Waals surface area contributed by atoms with Crippen molar-refractivity contribution in [2.24, 2.45) is 0 Å². The van der Waals surface area contributed by atoms with Crippen LogP contribution in [0.25, 0.3) is 0 Å². The molecule has 0 amide bonds. The van der Waals surface area contributed by atoms with Crippen LogP contribution in [0.4, 0.5) is 13.2 Å². The molecule has 0 atom stereocenters. The maximum atomic E-state index is 11.9. The summed E-state index contributed by atoms with van der Waals surface area (Å²) in [6.45, 7) is 1.33. The zero-order chi connectivity index (χ0) is 13.8. The van der Waals surface area contributed by atoms with Gasteiger partial charge in [0.1, 0.15) is 5.75 Å². The van der Waals surface area contributed by atoms with Crippen molar-refractivity contribution in [2.75, 3.05) is 0 Å². The topological polar surface area (TPSA) is 52.4 Å². The summed E-state index contributed by atoms with van der Waals surface area (Å²) >= 11 is 1.04. The standard InChI is InChI=1S/C10H8F3NO3S/c1-7(14(15)16)6-18-9-4-2-8(3-5-9)17-10(11,12)13/h2-6H,1H3. The van der Waals surface area contributed by atoms with E-state index in [2.05, 4.69) is 4.74 Å². The average molecular weight is 279 g/mol. The summed E-state index contributed by atoms with van der Waals surface area (Å²) in [5, 5.41) is 11.6. The molecule has 0 saturated carbocycles. The van der Waals surface area contributed by atoms with E-state index in [0.29, 0.717) is 4.90 Å². The summed E-state index contributed by atoms with van der Waals surface area (Å²) in [6.07, 6.45) is -4.73. The highest BCUT2D eigenvalue weighted by Crippen LogP contribution is 2.26. The predicted octanol–water partition coefficient (Wildman–Crippen LogP) is 3.82. The van der Waals surface area contributed by atoms with Crippen LogP contribution in [0.15, 0.2) is 40.3 Å². The third kappa shape index (κ3) is 5.09. The minimum absolute atomic E-state index is 0.0457. The lowest BCUT2D eigenvalue weighted by molar-refractivity contribution is -0.424. The van der Waals surface area contributed by atoms with Gasteiger partial charge in [0.15, 0.2) is 0 Å². The van der Waals surface area contributed by atoms with Crippen LogP contribution in [0, 0.1) is 10.1 Å². The molecule has 0 radical (unpaired) electrons. The van der Waals surface area contributed by atoms with E-state index in [-0.39, 0.29) is 11.4 Å². The Balaban J connectivity index is 2.66. The number of allylic oxidation sites excluding steroid dienone is 1. The fourth-order valence-electron chi connectivity index (χ4n) is 0.916. The number of rotatable bonds is 4. The van der Waals surface area contributed by atoms with E-state index in [0.717, 1.165) is 23.9 Å². The second-order valence-corrected chi connectivity index (χ2v) is 4.10. The minimum atomic E-state index is -4.73. The second-order valence-electron chi connectivity index (χ2n) is 3.15. The van der Waals surface area contributed by atoms with E-state index < -0.39 is 11.3 Å². The maximum Gasteiger partial charge on any atom is 0.573 e. The largest absolute Gasteiger partial charge is 0.573 e. The van der Waals surface area contributed by atoms with Gasteiger partial charge in [-0.05, 0) is 24.3 Å². The molecular formula is C10H8F3NO3S. The van der Waals surface area contributed by atoms with E-state index in [4.69, 9.17) is 0 Å². The first-order chi connectivity index (χ1) is 8.28. The summed E-state index contributed by atoms with van der Waals surface area (Å²) in [7, 11) is 0. The van der Waals surface area contributed by atoms with Crippen molar-refractivity contribution < 1.29 is 22.8 Å². The summed E-state index contributed by atoms with van der Waals surface area (Å²) in [4.78, 5) is 10.3. The smallest absolute Gasteiger partial charge is 0.406 e. The van der Waals surface area contributed by atoms with E-state index in [1.807, 2.05) is 0 Å². The molecule has 8 heteroatoms. The Bertz CT molecular complexity index is 456. The highest BCUT2D eigenvalue weighted by Gasteiger charge is 2.30. The van der Waals surface area contributed by atoms with Gasteiger partial charge in [-0.1, -0.05) is 11.8 Å². The molecule has 0 N–H and O–H groups in total. The van der Waals surface area contributed by atoms with Crippen LogP contribution in [0.3, 0.4) is 0 Å². The molecule has 0 fully saturated rings. The third-order valence-corrected chi connectivity index (χ3v) is 2.71. The van der Waals surface area contributed by atoms with Crippen LogP contribution in [0.5, 0.6) is 5.75 Å². The average Bonchev–Trinajstić information content (AvgIpc) is 2.25. The highest BCUT2D eigenvalue weighted by molar-refractivity contribution is 8.02. The van der Waals surface area contributed by atoms with Gasteiger partial charge in [0.05, 0.1) is 4.92 Å². The summed E-state index contributed by atoms with van der Waals surface area (Å²) in [6, 6.07) is 5.06. The Kier molecular flexibility index (Phi) is 4.60. The van der Waals surface area contributed by atoms with E-state index in [1.54, 1.807) is 0 Å². The Morgan fingerprint density at radius 1 is 1.39 bits per heavy atom. The van der Waals surface area contributed by atoms with E-state index in [1.165, 1.54) is 24.5 Å². The number of hydrogen-bond donors (Lipinski definition) is 0. The molecular weight excluding hydrogens is 271 g/mol. The number of nitrogens with zero attached hydrogens (tertiary/aromatic N) is 1. The van der Waals surface area contributed by atoms with Crippen LogP contribution < -0.4 is 4.74 Å². The Morgan fingerprint density at radius 3 is 2.39 bits per heavy atom. The van der Waals surface area contributed by atoms with Gasteiger partial charge in [-0.2, -0.15) is 0 Å². The molecule has 0 spiro atoms. The SMILES string of the molecule is CC(=CSc1ccc(OC(F)(F)F)cc1)[N+](=O)[O-]. The first kappa shape index (κ1) is 14.4. The first-order valence-corrected chi connectivity index (χ1v) is 5.49. The number of nitro groups is 1. The predicted molar refractivity (Wildman–Crippen MR) is 59.7 cm³/mol. The van der Waals surface area contributed by atoms with E-state index >= 15 is 0 Å². The van der Waals surface area contributed by atoms with Crippen molar-refractivity contribution in [1.82, 2.24) is 0 Å². The van der Waals surface area contributed by atoms with Gasteiger partial charge in [0, 0.05) is 17.2 Å². The lowest BCUT2D eigenvalue weighted by Gasteiger charge is -2.08. The van der Waals surface area contributed by atoms with Gasteiger partial charge in [0.25, 0.3) is 0 Å². The van der Waals surface area contributed by atoms with Crippen molar-refractivity contribution in [3.05, 3.63) is 45.5 Å². The summed E-state index contributed by atoms with van der Waals surface area (Å²) in [5.74, 6) is -0.332. The lowest BCUT2D eigenvalue weighted by Crippen LogP contribution is -2.16. The maximum absolute atomic E-state index is 11.9. The lowest BCUT2D eigenvalue weighted by atomic mass is 10.3. The molecule has 18 heavy (non-hydrogen) atoms. The van der Waals surface area contributed by atoms with Crippen molar-refractivity contribution in [2.45, 2.75) is 18.2 Å². The number of hydrogen-bond acceptors (Lipinski definition) is 4. The second kappa shape index (κ2) is 5.76. The zero-order valence-electron chi connectivity index (χ0n) is 9.10. The van der Waals surface area contributed by atoms with Gasteiger partial charge in [0.2, 0.25) is 5.70 Å². The van der Waals surface area contributed by atoms with Crippen molar-refractivity contribution >= 4 is 11.8 Å². The molecule has 1 aromatic carbocycles. The molecule has 4 nitrogen and oxygen atoms in total. The van der Waals surface area contributed by atoms with E-state index in [9.17, 15) is 23.3 Å². The summed E-state index contributed by atoms with van der Waals surface area (Å²) in [5.41, 5.74) is -0.0457. The van der Waals surface area contributed by atoms with Gasteiger partial charge >= 0.3 is 6.36 Å². The molecule has 0 saturated heterocycles. The molecule has 0 aromatic heterocycles. The van der Waals surface area contributed by atoms with Crippen LogP contribution in [-0.2, 0) is 0 Å². The Hall–Kier alpha value is -1.70. The number of ether oxygens (including phenoxy) is 1. The third-order valence-electron chi connectivity index (χ3n) is 1.71. The van der Waals surface area contributed by atoms with Crippen molar-refractivity contribution in [3.8, 4) is 5.75 Å². The van der Waals surface area contributed by atoms with Crippen molar-refractivity contribution in [1.29, 1.82) is 0 Å².